The maximum Gasteiger partial charge on any atom is 0.356 e. The Hall–Kier alpha value is -4.33. The molecule has 38 heavy (non-hydrogen) atoms. The van der Waals surface area contributed by atoms with Crippen molar-refractivity contribution in [1.29, 1.82) is 0 Å². The molecule has 1 unspecified atom stereocenters. The van der Waals surface area contributed by atoms with Gasteiger partial charge in [-0.25, -0.2) is 14.4 Å². The van der Waals surface area contributed by atoms with Crippen LogP contribution in [0.3, 0.4) is 0 Å². The number of nitrogens with two attached hydrogens (primary N) is 1. The largest absolute Gasteiger partial charge is 0.476 e. The lowest BCUT2D eigenvalue weighted by Crippen LogP contribution is -2.26. The number of carboxylic acids is 1. The molecule has 1 aliphatic carbocycles. The first-order valence-electron chi connectivity index (χ1n) is 12.8. The Kier molecular flexibility index (Phi) is 6.80. The van der Waals surface area contributed by atoms with Crippen molar-refractivity contribution in [2.24, 2.45) is 0 Å². The van der Waals surface area contributed by atoms with Crippen molar-refractivity contribution in [3.63, 3.8) is 0 Å². The molecule has 2 aromatic heterocycles. The zero-order valence-electron chi connectivity index (χ0n) is 21.9. The third-order valence-electron chi connectivity index (χ3n) is 7.54. The molecular weight excluding hydrogens is 478 g/mol. The Balaban J connectivity index is 1.33. The van der Waals surface area contributed by atoms with Crippen LogP contribution in [0.2, 0.25) is 0 Å². The van der Waals surface area contributed by atoms with Crippen LogP contribution in [0.1, 0.15) is 69.3 Å². The fourth-order valence-corrected chi connectivity index (χ4v) is 5.33. The lowest BCUT2D eigenvalue weighted by atomic mass is 9.89. The van der Waals surface area contributed by atoms with Crippen LogP contribution in [0.4, 0.5) is 5.69 Å². The van der Waals surface area contributed by atoms with E-state index in [4.69, 9.17) is 5.73 Å². The lowest BCUT2D eigenvalue weighted by Gasteiger charge is -2.21. The first-order valence-corrected chi connectivity index (χ1v) is 12.8. The number of allylic oxidation sites excluding steroid dienone is 1. The fourth-order valence-electron chi connectivity index (χ4n) is 5.33. The number of carbonyl (C=O) groups excluding carboxylic acids is 1. The van der Waals surface area contributed by atoms with Gasteiger partial charge in [0.25, 0.3) is 5.91 Å². The van der Waals surface area contributed by atoms with Crippen molar-refractivity contribution in [2.75, 3.05) is 32.9 Å². The van der Waals surface area contributed by atoms with E-state index in [1.54, 1.807) is 37.3 Å². The van der Waals surface area contributed by atoms with Crippen molar-refractivity contribution in [1.82, 2.24) is 14.9 Å². The van der Waals surface area contributed by atoms with Gasteiger partial charge < -0.3 is 15.7 Å². The number of anilines is 1. The summed E-state index contributed by atoms with van der Waals surface area (Å²) >= 11 is 0. The fraction of sp³-hybridized carbons (Fsp3) is 0.300. The van der Waals surface area contributed by atoms with E-state index in [9.17, 15) is 14.7 Å². The highest BCUT2D eigenvalue weighted by atomic mass is 16.4. The molecule has 3 heterocycles. The summed E-state index contributed by atoms with van der Waals surface area (Å²) in [6.07, 6.45) is 8.23. The van der Waals surface area contributed by atoms with Crippen LogP contribution in [-0.4, -0.2) is 69.8 Å². The molecule has 0 bridgehead atoms. The summed E-state index contributed by atoms with van der Waals surface area (Å²) < 4.78 is 2.37. The molecule has 1 atom stereocenters. The van der Waals surface area contributed by atoms with Crippen molar-refractivity contribution in [3.05, 3.63) is 82.3 Å². The number of pyridine rings is 2. The topological polar surface area (TPSA) is 112 Å². The molecule has 5 rings (SSSR count). The van der Waals surface area contributed by atoms with Gasteiger partial charge in [0.2, 0.25) is 0 Å². The number of aromatic nitrogens is 2. The van der Waals surface area contributed by atoms with Crippen LogP contribution >= 0.6 is 0 Å². The van der Waals surface area contributed by atoms with Gasteiger partial charge >= 0.3 is 5.97 Å². The number of hydrogen-bond donors (Lipinski definition) is 2. The first-order chi connectivity index (χ1) is 18.2. The van der Waals surface area contributed by atoms with Gasteiger partial charge in [0.15, 0.2) is 11.9 Å². The first kappa shape index (κ1) is 25.3. The number of carboxylic acid groups (broad SMARTS) is 1. The number of aromatic carboxylic acids is 1. The van der Waals surface area contributed by atoms with Gasteiger partial charge in [0.05, 0.1) is 17.1 Å². The summed E-state index contributed by atoms with van der Waals surface area (Å²) in [5, 5.41) is 9.45. The summed E-state index contributed by atoms with van der Waals surface area (Å²) in [6, 6.07) is 13.3. The predicted octanol–water partition coefficient (Wildman–Crippen LogP) is 4.29. The zero-order chi connectivity index (χ0) is 27.0. The van der Waals surface area contributed by atoms with E-state index in [2.05, 4.69) is 45.9 Å². The molecule has 194 valence electrons. The summed E-state index contributed by atoms with van der Waals surface area (Å²) in [6.45, 7) is 4.05. The van der Waals surface area contributed by atoms with Crippen LogP contribution in [0, 0.1) is 0 Å². The van der Waals surface area contributed by atoms with Crippen LogP contribution in [0.25, 0.3) is 17.3 Å². The number of amides is 1. The summed E-state index contributed by atoms with van der Waals surface area (Å²) in [4.78, 5) is 34.3. The van der Waals surface area contributed by atoms with Crippen molar-refractivity contribution >= 4 is 29.9 Å². The highest BCUT2D eigenvalue weighted by Gasteiger charge is 2.29. The number of hydrogen-bond acceptors (Lipinski definition) is 5. The highest BCUT2D eigenvalue weighted by Crippen LogP contribution is 2.39. The minimum absolute atomic E-state index is 0.0214. The number of nitrogen functional groups attached to an aromatic ring is 1. The van der Waals surface area contributed by atoms with Crippen molar-refractivity contribution < 1.29 is 19.3 Å². The minimum Gasteiger partial charge on any atom is -0.476 e. The van der Waals surface area contributed by atoms with Crippen LogP contribution in [0.15, 0.2) is 54.2 Å². The molecule has 8 nitrogen and oxygen atoms in total. The third kappa shape index (κ3) is 4.81. The van der Waals surface area contributed by atoms with Gasteiger partial charge in [-0.3, -0.25) is 9.78 Å². The van der Waals surface area contributed by atoms with Gasteiger partial charge in [0, 0.05) is 61.3 Å². The van der Waals surface area contributed by atoms with E-state index in [1.165, 1.54) is 11.1 Å². The van der Waals surface area contributed by atoms with Gasteiger partial charge in [-0.05, 0) is 47.9 Å². The Bertz CT molecular complexity index is 1460. The van der Waals surface area contributed by atoms with E-state index >= 15 is 0 Å². The normalized spacial score (nSPS) is 18.5. The van der Waals surface area contributed by atoms with Gasteiger partial charge in [0.1, 0.15) is 13.1 Å². The van der Waals surface area contributed by atoms with Crippen LogP contribution < -0.4 is 5.73 Å². The third-order valence-corrected chi connectivity index (χ3v) is 7.54. The number of nitrogens with zero attached hydrogens (tertiary/aromatic N) is 4. The highest BCUT2D eigenvalue weighted by molar-refractivity contribution is 5.95. The van der Waals surface area contributed by atoms with E-state index in [0.29, 0.717) is 17.2 Å². The maximum atomic E-state index is 12.2. The summed E-state index contributed by atoms with van der Waals surface area (Å²) in [7, 11) is 3.53. The molecule has 0 spiro atoms. The number of rotatable bonds is 5. The molecule has 2 aliphatic rings. The summed E-state index contributed by atoms with van der Waals surface area (Å²) in [5.41, 5.74) is 12.4. The molecule has 0 saturated carbocycles. The zero-order valence-corrected chi connectivity index (χ0v) is 21.9. The van der Waals surface area contributed by atoms with E-state index in [-0.39, 0.29) is 23.2 Å². The molecule has 1 amide bonds. The molecule has 3 N–H and O–H groups in total. The molecular formula is C30H32N5O3+. The van der Waals surface area contributed by atoms with Gasteiger partial charge in [-0.1, -0.05) is 19.1 Å². The Labute approximate surface area is 222 Å². The number of piperidine rings is 1. The molecule has 3 aromatic rings. The average Bonchev–Trinajstić information content (AvgIpc) is 3.24. The quantitative estimate of drug-likeness (QED) is 0.495. The molecule has 1 aromatic carbocycles. The monoisotopic (exact) mass is 510 g/mol. The average molecular weight is 511 g/mol. The minimum atomic E-state index is -1.14. The molecule has 0 radical (unpaired) electrons. The molecule has 8 heteroatoms. The van der Waals surface area contributed by atoms with Crippen molar-refractivity contribution in [2.45, 2.75) is 31.6 Å². The Morgan fingerprint density at radius 3 is 2.45 bits per heavy atom. The second-order valence-corrected chi connectivity index (χ2v) is 10.2. The Morgan fingerprint density at radius 2 is 1.79 bits per heavy atom. The molecule has 1 fully saturated rings. The van der Waals surface area contributed by atoms with Gasteiger partial charge in [-0.15, -0.1) is 0 Å². The van der Waals surface area contributed by atoms with Crippen molar-refractivity contribution in [3.8, 4) is 11.3 Å². The lowest BCUT2D eigenvalue weighted by molar-refractivity contribution is -0.534. The summed E-state index contributed by atoms with van der Waals surface area (Å²) in [5.74, 6) is -0.525. The number of carbonyl (C=O) groups is 2. The van der Waals surface area contributed by atoms with E-state index in [0.717, 1.165) is 42.8 Å². The number of benzene rings is 1. The van der Waals surface area contributed by atoms with Crippen LogP contribution in [0.5, 0.6) is 0 Å². The predicted molar refractivity (Wildman–Crippen MR) is 148 cm³/mol. The van der Waals surface area contributed by atoms with E-state index in [1.807, 2.05) is 18.2 Å². The molecule has 1 aliphatic heterocycles. The molecule has 1 saturated heterocycles. The van der Waals surface area contributed by atoms with Gasteiger partial charge in [-0.2, -0.15) is 0 Å². The standard InChI is InChI=1S/C30H31N5O3/c1-18-22(16-24-23(10-13-32-27(18)24)26-9-8-25(31)28(33-26)30(37)38)17-35-14-11-20(12-15-35)19-4-6-21(7-5-19)29(36)34(2)3/h4-10,13,16-18,20,31H,11-12,14-15H2,1-3H3,(H,37,38)/p+1. The SMILES string of the molecule is CC1C(C=[N+]2CCC(c3ccc(C(=O)N(C)C)cc3)CC2)=Cc2c(-c3ccc(N)c(C(=O)O)n3)ccnc21. The second-order valence-electron chi connectivity index (χ2n) is 10.2. The van der Waals surface area contributed by atoms with Crippen LogP contribution in [-0.2, 0) is 0 Å². The Morgan fingerprint density at radius 1 is 1.08 bits per heavy atom. The second kappa shape index (κ2) is 10.2. The van der Waals surface area contributed by atoms with E-state index < -0.39 is 5.97 Å². The smallest absolute Gasteiger partial charge is 0.356 e. The number of fused-ring (bicyclic) bond motifs is 1. The maximum absolute atomic E-state index is 12.2.